The number of carbonyl (C=O) groups is 1. The molecular weight excluding hydrogens is 194 g/mol. The average molecular weight is 209 g/mol. The van der Waals surface area contributed by atoms with Gasteiger partial charge in [0.2, 0.25) is 11.8 Å². The van der Waals surface area contributed by atoms with Crippen LogP contribution in [-0.2, 0) is 11.3 Å². The molecule has 3 N–H and O–H groups in total. The van der Waals surface area contributed by atoms with E-state index in [0.29, 0.717) is 25.4 Å². The van der Waals surface area contributed by atoms with E-state index in [0.717, 1.165) is 5.56 Å². The van der Waals surface area contributed by atoms with E-state index < -0.39 is 0 Å². The van der Waals surface area contributed by atoms with Gasteiger partial charge in [0.05, 0.1) is 7.11 Å². The van der Waals surface area contributed by atoms with E-state index >= 15 is 0 Å². The molecule has 5 nitrogen and oxygen atoms in total. The SMILES string of the molecule is COc1ccc(CNCCC(N)=O)cn1. The van der Waals surface area contributed by atoms with Gasteiger partial charge in [0.1, 0.15) is 0 Å². The third-order valence-electron chi connectivity index (χ3n) is 1.88. The molecular formula is C10H15N3O2. The Hall–Kier alpha value is -1.62. The first-order valence-corrected chi connectivity index (χ1v) is 4.70. The number of pyridine rings is 1. The van der Waals surface area contributed by atoms with Crippen molar-refractivity contribution >= 4 is 5.91 Å². The second kappa shape index (κ2) is 5.98. The summed E-state index contributed by atoms with van der Waals surface area (Å²) in [6.07, 6.45) is 2.08. The molecule has 1 heterocycles. The molecule has 1 amide bonds. The van der Waals surface area contributed by atoms with Gasteiger partial charge >= 0.3 is 0 Å². The highest BCUT2D eigenvalue weighted by Gasteiger charge is 1.96. The maximum atomic E-state index is 10.4. The summed E-state index contributed by atoms with van der Waals surface area (Å²) < 4.78 is 4.93. The molecule has 1 aromatic rings. The number of ether oxygens (including phenoxy) is 1. The van der Waals surface area contributed by atoms with Crippen LogP contribution in [0.5, 0.6) is 5.88 Å². The molecule has 5 heteroatoms. The van der Waals surface area contributed by atoms with Crippen LogP contribution in [0.3, 0.4) is 0 Å². The summed E-state index contributed by atoms with van der Waals surface area (Å²) in [5.41, 5.74) is 6.04. The standard InChI is InChI=1S/C10H15N3O2/c1-15-10-3-2-8(7-13-10)6-12-5-4-9(11)14/h2-3,7,12H,4-6H2,1H3,(H2,11,14). The number of nitrogens with two attached hydrogens (primary N) is 1. The zero-order valence-electron chi connectivity index (χ0n) is 8.69. The topological polar surface area (TPSA) is 77.2 Å². The summed E-state index contributed by atoms with van der Waals surface area (Å²) in [7, 11) is 1.58. The van der Waals surface area contributed by atoms with Gasteiger partial charge < -0.3 is 15.8 Å². The zero-order chi connectivity index (χ0) is 11.1. The number of carbonyl (C=O) groups excluding carboxylic acids is 1. The van der Waals surface area contributed by atoms with E-state index in [1.807, 2.05) is 6.07 Å². The maximum absolute atomic E-state index is 10.4. The van der Waals surface area contributed by atoms with Gasteiger partial charge in [-0.3, -0.25) is 4.79 Å². The highest BCUT2D eigenvalue weighted by molar-refractivity contribution is 5.73. The van der Waals surface area contributed by atoms with E-state index in [2.05, 4.69) is 10.3 Å². The van der Waals surface area contributed by atoms with Crippen LogP contribution < -0.4 is 15.8 Å². The Kier molecular flexibility index (Phi) is 4.56. The second-order valence-electron chi connectivity index (χ2n) is 3.10. The van der Waals surface area contributed by atoms with E-state index in [4.69, 9.17) is 10.5 Å². The number of hydrogen-bond donors (Lipinski definition) is 2. The maximum Gasteiger partial charge on any atom is 0.218 e. The summed E-state index contributed by atoms with van der Waals surface area (Å²) >= 11 is 0. The Morgan fingerprint density at radius 3 is 2.93 bits per heavy atom. The Bertz CT molecular complexity index is 311. The molecule has 0 bridgehead atoms. The van der Waals surface area contributed by atoms with Crippen molar-refractivity contribution < 1.29 is 9.53 Å². The van der Waals surface area contributed by atoms with Crippen molar-refractivity contribution in [3.05, 3.63) is 23.9 Å². The molecule has 0 saturated heterocycles. The van der Waals surface area contributed by atoms with Crippen molar-refractivity contribution in [1.29, 1.82) is 0 Å². The van der Waals surface area contributed by atoms with Crippen molar-refractivity contribution in [3.8, 4) is 5.88 Å². The Morgan fingerprint density at radius 2 is 2.40 bits per heavy atom. The lowest BCUT2D eigenvalue weighted by atomic mass is 10.3. The highest BCUT2D eigenvalue weighted by Crippen LogP contribution is 2.05. The number of nitrogens with zero attached hydrogens (tertiary/aromatic N) is 1. The highest BCUT2D eigenvalue weighted by atomic mass is 16.5. The molecule has 0 aromatic carbocycles. The van der Waals surface area contributed by atoms with Crippen LogP contribution >= 0.6 is 0 Å². The number of aromatic nitrogens is 1. The van der Waals surface area contributed by atoms with Crippen LogP contribution in [0.1, 0.15) is 12.0 Å². The van der Waals surface area contributed by atoms with Crippen molar-refractivity contribution in [2.45, 2.75) is 13.0 Å². The Morgan fingerprint density at radius 1 is 1.60 bits per heavy atom. The van der Waals surface area contributed by atoms with E-state index in [9.17, 15) is 4.79 Å². The first-order valence-electron chi connectivity index (χ1n) is 4.70. The fourth-order valence-electron chi connectivity index (χ4n) is 1.08. The molecule has 0 aliphatic heterocycles. The van der Waals surface area contributed by atoms with Gasteiger partial charge in [-0.2, -0.15) is 0 Å². The second-order valence-corrected chi connectivity index (χ2v) is 3.10. The molecule has 15 heavy (non-hydrogen) atoms. The molecule has 0 aliphatic carbocycles. The number of primary amides is 1. The molecule has 0 radical (unpaired) electrons. The third kappa shape index (κ3) is 4.42. The van der Waals surface area contributed by atoms with Crippen LogP contribution in [0.25, 0.3) is 0 Å². The fraction of sp³-hybridized carbons (Fsp3) is 0.400. The first-order chi connectivity index (χ1) is 7.22. The number of methoxy groups -OCH3 is 1. The minimum atomic E-state index is -0.296. The summed E-state index contributed by atoms with van der Waals surface area (Å²) in [6.45, 7) is 1.26. The predicted molar refractivity (Wildman–Crippen MR) is 56.3 cm³/mol. The lowest BCUT2D eigenvalue weighted by molar-refractivity contribution is -0.117. The molecule has 1 rings (SSSR count). The summed E-state index contributed by atoms with van der Waals surface area (Å²) in [4.78, 5) is 14.5. The molecule has 82 valence electrons. The molecule has 0 fully saturated rings. The largest absolute Gasteiger partial charge is 0.481 e. The van der Waals surface area contributed by atoms with Crippen molar-refractivity contribution in [1.82, 2.24) is 10.3 Å². The minimum Gasteiger partial charge on any atom is -0.481 e. The van der Waals surface area contributed by atoms with Crippen LogP contribution in [0.2, 0.25) is 0 Å². The predicted octanol–water partition coefficient (Wildman–Crippen LogP) is 0.0552. The molecule has 1 aromatic heterocycles. The van der Waals surface area contributed by atoms with Crippen LogP contribution in [0, 0.1) is 0 Å². The van der Waals surface area contributed by atoms with E-state index in [1.165, 1.54) is 0 Å². The molecule has 0 atom stereocenters. The van der Waals surface area contributed by atoms with Gasteiger partial charge in [-0.25, -0.2) is 4.98 Å². The molecule has 0 aliphatic rings. The van der Waals surface area contributed by atoms with E-state index in [1.54, 1.807) is 19.4 Å². The van der Waals surface area contributed by atoms with Crippen LogP contribution in [-0.4, -0.2) is 24.5 Å². The van der Waals surface area contributed by atoms with Crippen molar-refractivity contribution in [3.63, 3.8) is 0 Å². The number of nitrogens with one attached hydrogen (secondary N) is 1. The van der Waals surface area contributed by atoms with Crippen LogP contribution in [0.4, 0.5) is 0 Å². The zero-order valence-corrected chi connectivity index (χ0v) is 8.69. The summed E-state index contributed by atoms with van der Waals surface area (Å²) in [5, 5.41) is 3.09. The monoisotopic (exact) mass is 209 g/mol. The lowest BCUT2D eigenvalue weighted by Gasteiger charge is -2.03. The van der Waals surface area contributed by atoms with Gasteiger partial charge in [-0.05, 0) is 5.56 Å². The molecule has 0 saturated carbocycles. The summed E-state index contributed by atoms with van der Waals surface area (Å²) in [5.74, 6) is 0.297. The number of rotatable bonds is 6. The third-order valence-corrected chi connectivity index (χ3v) is 1.88. The van der Waals surface area contributed by atoms with Crippen LogP contribution in [0.15, 0.2) is 18.3 Å². The van der Waals surface area contributed by atoms with Crippen molar-refractivity contribution in [2.75, 3.05) is 13.7 Å². The normalized spacial score (nSPS) is 9.93. The van der Waals surface area contributed by atoms with E-state index in [-0.39, 0.29) is 5.91 Å². The molecule has 0 spiro atoms. The first kappa shape index (κ1) is 11.5. The average Bonchev–Trinajstić information content (AvgIpc) is 2.25. The number of amides is 1. The molecule has 0 unspecified atom stereocenters. The van der Waals surface area contributed by atoms with Gasteiger partial charge in [0.15, 0.2) is 0 Å². The minimum absolute atomic E-state index is 0.296. The Balaban J connectivity index is 2.28. The van der Waals surface area contributed by atoms with Gasteiger partial charge in [0.25, 0.3) is 0 Å². The summed E-state index contributed by atoms with van der Waals surface area (Å²) in [6, 6.07) is 3.72. The smallest absolute Gasteiger partial charge is 0.218 e. The van der Waals surface area contributed by atoms with Gasteiger partial charge in [-0.1, -0.05) is 6.07 Å². The van der Waals surface area contributed by atoms with Crippen molar-refractivity contribution in [2.24, 2.45) is 5.73 Å². The van der Waals surface area contributed by atoms with Gasteiger partial charge in [-0.15, -0.1) is 0 Å². The lowest BCUT2D eigenvalue weighted by Crippen LogP contribution is -2.21. The fourth-order valence-corrected chi connectivity index (χ4v) is 1.08. The quantitative estimate of drug-likeness (QED) is 0.649. The number of hydrogen-bond acceptors (Lipinski definition) is 4. The Labute approximate surface area is 88.6 Å². The van der Waals surface area contributed by atoms with Gasteiger partial charge in [0, 0.05) is 31.8 Å².